The highest BCUT2D eigenvalue weighted by molar-refractivity contribution is 9.10. The van der Waals surface area contributed by atoms with Gasteiger partial charge >= 0.3 is 5.97 Å². The molecule has 4 heteroatoms. The quantitative estimate of drug-likeness (QED) is 0.427. The Morgan fingerprint density at radius 1 is 1.14 bits per heavy atom. The highest BCUT2D eigenvalue weighted by Gasteiger charge is 2.13. The molecule has 1 atom stereocenters. The average molecular weight is 426 g/mol. The maximum absolute atomic E-state index is 12.2. The second kappa shape index (κ2) is 7.42. The average Bonchev–Trinajstić information content (AvgIpc) is 2.51. The standard InChI is InChI=1S/C18H18Br2O2/c1-4-11(2)13-7-8-17(16(20)9-13)22-18(21)14-6-5-12(3)15(19)10-14/h5-11H,4H2,1-3H3. The third-order valence-electron chi connectivity index (χ3n) is 3.75. The molecule has 0 amide bonds. The molecule has 0 aliphatic heterocycles. The number of benzene rings is 2. The Hall–Kier alpha value is -1.13. The first kappa shape index (κ1) is 17.2. The maximum Gasteiger partial charge on any atom is 0.343 e. The van der Waals surface area contributed by atoms with Gasteiger partial charge < -0.3 is 4.74 Å². The Balaban J connectivity index is 2.19. The Morgan fingerprint density at radius 2 is 1.86 bits per heavy atom. The smallest absolute Gasteiger partial charge is 0.343 e. The van der Waals surface area contributed by atoms with Crippen LogP contribution in [0.4, 0.5) is 0 Å². The summed E-state index contributed by atoms with van der Waals surface area (Å²) in [6.45, 7) is 6.31. The fraction of sp³-hybridized carbons (Fsp3) is 0.278. The summed E-state index contributed by atoms with van der Waals surface area (Å²) in [5.41, 5.74) is 2.83. The fourth-order valence-corrected chi connectivity index (χ4v) is 2.88. The van der Waals surface area contributed by atoms with Crippen LogP contribution >= 0.6 is 31.9 Å². The van der Waals surface area contributed by atoms with E-state index in [9.17, 15) is 4.79 Å². The van der Waals surface area contributed by atoms with E-state index in [-0.39, 0.29) is 5.97 Å². The van der Waals surface area contributed by atoms with Gasteiger partial charge in [-0.1, -0.05) is 41.9 Å². The minimum absolute atomic E-state index is 0.363. The second-order valence-corrected chi connectivity index (χ2v) is 7.06. The molecule has 0 bridgehead atoms. The number of halogens is 2. The molecule has 1 unspecified atom stereocenters. The van der Waals surface area contributed by atoms with Crippen molar-refractivity contribution in [2.45, 2.75) is 33.1 Å². The number of aryl methyl sites for hydroxylation is 1. The third kappa shape index (κ3) is 3.99. The van der Waals surface area contributed by atoms with Crippen LogP contribution in [0, 0.1) is 6.92 Å². The first-order valence-corrected chi connectivity index (χ1v) is 8.78. The Labute approximate surface area is 148 Å². The molecule has 116 valence electrons. The van der Waals surface area contributed by atoms with Gasteiger partial charge in [-0.25, -0.2) is 4.79 Å². The molecular weight excluding hydrogens is 408 g/mol. The van der Waals surface area contributed by atoms with Crippen LogP contribution in [0.15, 0.2) is 45.3 Å². The first-order chi connectivity index (χ1) is 10.4. The van der Waals surface area contributed by atoms with E-state index >= 15 is 0 Å². The summed E-state index contributed by atoms with van der Waals surface area (Å²) in [6.07, 6.45) is 1.07. The number of ether oxygens (including phenoxy) is 1. The van der Waals surface area contributed by atoms with Gasteiger partial charge in [0.1, 0.15) is 5.75 Å². The van der Waals surface area contributed by atoms with Crippen LogP contribution in [0.5, 0.6) is 5.75 Å². The summed E-state index contributed by atoms with van der Waals surface area (Å²) in [7, 11) is 0. The molecule has 2 nitrogen and oxygen atoms in total. The molecule has 0 fully saturated rings. The van der Waals surface area contributed by atoms with Gasteiger partial charge in [0.25, 0.3) is 0 Å². The van der Waals surface area contributed by atoms with Crippen molar-refractivity contribution in [1.82, 2.24) is 0 Å². The fourth-order valence-electron chi connectivity index (χ4n) is 2.02. The van der Waals surface area contributed by atoms with Crippen LogP contribution in [0.2, 0.25) is 0 Å². The van der Waals surface area contributed by atoms with Crippen LogP contribution in [-0.4, -0.2) is 5.97 Å². The highest BCUT2D eigenvalue weighted by Crippen LogP contribution is 2.30. The van der Waals surface area contributed by atoms with Crippen LogP contribution in [0.1, 0.15) is 47.7 Å². The number of carbonyl (C=O) groups excluding carboxylic acids is 1. The molecule has 0 aromatic heterocycles. The topological polar surface area (TPSA) is 26.3 Å². The second-order valence-electron chi connectivity index (χ2n) is 5.35. The summed E-state index contributed by atoms with van der Waals surface area (Å²) in [5, 5.41) is 0. The lowest BCUT2D eigenvalue weighted by atomic mass is 9.99. The van der Waals surface area contributed by atoms with Crippen LogP contribution in [0.3, 0.4) is 0 Å². The van der Waals surface area contributed by atoms with Crippen LogP contribution in [0.25, 0.3) is 0 Å². The SMILES string of the molecule is CCC(C)c1ccc(OC(=O)c2ccc(C)c(Br)c2)c(Br)c1. The van der Waals surface area contributed by atoms with Crippen molar-refractivity contribution < 1.29 is 9.53 Å². The first-order valence-electron chi connectivity index (χ1n) is 7.20. The van der Waals surface area contributed by atoms with Gasteiger partial charge in [0, 0.05) is 4.47 Å². The molecule has 0 spiro atoms. The van der Waals surface area contributed by atoms with Gasteiger partial charge in [0.15, 0.2) is 0 Å². The zero-order chi connectivity index (χ0) is 16.3. The van der Waals surface area contributed by atoms with E-state index < -0.39 is 0 Å². The summed E-state index contributed by atoms with van der Waals surface area (Å²) >= 11 is 6.92. The normalized spacial score (nSPS) is 12.0. The van der Waals surface area contributed by atoms with Crippen LogP contribution < -0.4 is 4.74 Å². The lowest BCUT2D eigenvalue weighted by Gasteiger charge is -2.12. The van der Waals surface area contributed by atoms with E-state index in [0.29, 0.717) is 17.2 Å². The van der Waals surface area contributed by atoms with E-state index in [0.717, 1.165) is 20.9 Å². The molecular formula is C18H18Br2O2. The molecule has 0 aliphatic rings. The molecule has 2 rings (SSSR count). The number of hydrogen-bond acceptors (Lipinski definition) is 2. The molecule has 0 saturated heterocycles. The molecule has 22 heavy (non-hydrogen) atoms. The molecule has 2 aromatic carbocycles. The van der Waals surface area contributed by atoms with Crippen molar-refractivity contribution in [3.63, 3.8) is 0 Å². The van der Waals surface area contributed by atoms with Crippen molar-refractivity contribution in [3.05, 3.63) is 62.0 Å². The van der Waals surface area contributed by atoms with Gasteiger partial charge in [0.05, 0.1) is 10.0 Å². The minimum Gasteiger partial charge on any atom is -0.422 e. The Kier molecular flexibility index (Phi) is 5.81. The van der Waals surface area contributed by atoms with Crippen molar-refractivity contribution in [2.24, 2.45) is 0 Å². The number of esters is 1. The zero-order valence-electron chi connectivity index (χ0n) is 12.8. The molecule has 0 heterocycles. The van der Waals surface area contributed by atoms with E-state index in [4.69, 9.17) is 4.74 Å². The lowest BCUT2D eigenvalue weighted by molar-refractivity contribution is 0.0733. The summed E-state index contributed by atoms with van der Waals surface area (Å²) < 4.78 is 7.18. The van der Waals surface area contributed by atoms with E-state index in [1.165, 1.54) is 5.56 Å². The largest absolute Gasteiger partial charge is 0.422 e. The minimum atomic E-state index is -0.363. The predicted octanol–water partition coefficient (Wildman–Crippen LogP) is 6.25. The Bertz CT molecular complexity index is 695. The van der Waals surface area contributed by atoms with Crippen molar-refractivity contribution in [3.8, 4) is 5.75 Å². The zero-order valence-corrected chi connectivity index (χ0v) is 16.0. The molecule has 0 N–H and O–H groups in total. The van der Waals surface area contributed by atoms with E-state index in [2.05, 4.69) is 45.7 Å². The van der Waals surface area contributed by atoms with Crippen LogP contribution in [-0.2, 0) is 0 Å². The molecule has 0 saturated carbocycles. The van der Waals surface area contributed by atoms with E-state index in [1.54, 1.807) is 12.1 Å². The highest BCUT2D eigenvalue weighted by atomic mass is 79.9. The molecule has 2 aromatic rings. The van der Waals surface area contributed by atoms with Gasteiger partial charge in [-0.15, -0.1) is 0 Å². The van der Waals surface area contributed by atoms with Crippen molar-refractivity contribution in [1.29, 1.82) is 0 Å². The lowest BCUT2D eigenvalue weighted by Crippen LogP contribution is -2.09. The van der Waals surface area contributed by atoms with Gasteiger partial charge in [-0.05, 0) is 70.6 Å². The van der Waals surface area contributed by atoms with Crippen molar-refractivity contribution in [2.75, 3.05) is 0 Å². The predicted molar refractivity (Wildman–Crippen MR) is 96.7 cm³/mol. The molecule has 0 radical (unpaired) electrons. The van der Waals surface area contributed by atoms with Gasteiger partial charge in [-0.3, -0.25) is 0 Å². The molecule has 0 aliphatic carbocycles. The van der Waals surface area contributed by atoms with Gasteiger partial charge in [0.2, 0.25) is 0 Å². The summed E-state index contributed by atoms with van der Waals surface area (Å²) in [6, 6.07) is 11.3. The summed E-state index contributed by atoms with van der Waals surface area (Å²) in [4.78, 5) is 12.2. The Morgan fingerprint density at radius 3 is 2.45 bits per heavy atom. The maximum atomic E-state index is 12.2. The third-order valence-corrected chi connectivity index (χ3v) is 5.22. The monoisotopic (exact) mass is 424 g/mol. The number of carbonyl (C=O) groups is 1. The number of rotatable bonds is 4. The number of hydrogen-bond donors (Lipinski definition) is 0. The van der Waals surface area contributed by atoms with Crippen molar-refractivity contribution >= 4 is 37.8 Å². The van der Waals surface area contributed by atoms with Gasteiger partial charge in [-0.2, -0.15) is 0 Å². The summed E-state index contributed by atoms with van der Waals surface area (Å²) in [5.74, 6) is 0.653. The van der Waals surface area contributed by atoms with E-state index in [1.807, 2.05) is 31.2 Å².